The van der Waals surface area contributed by atoms with Gasteiger partial charge in [-0.3, -0.25) is 4.79 Å². The minimum absolute atomic E-state index is 0.182. The maximum atomic E-state index is 12.6. The molecule has 3 nitrogen and oxygen atoms in total. The summed E-state index contributed by atoms with van der Waals surface area (Å²) in [5.41, 5.74) is -0.508. The number of hydrogen-bond donors (Lipinski definition) is 0. The SMILES string of the molecule is CCOC(=O)Cn1cc(CC)c(C(F)(F)F)c1. The van der Waals surface area contributed by atoms with E-state index in [2.05, 4.69) is 4.74 Å². The molecule has 17 heavy (non-hydrogen) atoms. The standard InChI is InChI=1S/C11H14F3NO2/c1-3-8-5-15(7-10(16)17-4-2)6-9(8)11(12,13)14/h5-6H,3-4,7H2,1-2H3. The predicted molar refractivity (Wildman–Crippen MR) is 55.4 cm³/mol. The molecule has 0 aromatic carbocycles. The van der Waals surface area contributed by atoms with Crippen LogP contribution in [0.1, 0.15) is 25.0 Å². The number of hydrogen-bond acceptors (Lipinski definition) is 2. The third-order valence-corrected chi connectivity index (χ3v) is 2.27. The molecule has 0 aliphatic heterocycles. The lowest BCUT2D eigenvalue weighted by Gasteiger charge is -2.05. The summed E-state index contributed by atoms with van der Waals surface area (Å²) < 4.78 is 43.7. The van der Waals surface area contributed by atoms with Crippen LogP contribution in [-0.2, 0) is 28.7 Å². The van der Waals surface area contributed by atoms with Crippen LogP contribution in [0.15, 0.2) is 12.4 Å². The van der Waals surface area contributed by atoms with Crippen molar-refractivity contribution in [3.8, 4) is 0 Å². The van der Waals surface area contributed by atoms with Gasteiger partial charge in [-0.2, -0.15) is 13.2 Å². The molecule has 0 aliphatic carbocycles. The fraction of sp³-hybridized carbons (Fsp3) is 0.545. The highest BCUT2D eigenvalue weighted by molar-refractivity contribution is 5.69. The van der Waals surface area contributed by atoms with Crippen LogP contribution >= 0.6 is 0 Å². The molecule has 1 aromatic heterocycles. The largest absolute Gasteiger partial charge is 0.465 e. The van der Waals surface area contributed by atoms with Gasteiger partial charge >= 0.3 is 12.1 Å². The molecule has 0 saturated heterocycles. The zero-order valence-electron chi connectivity index (χ0n) is 9.67. The van der Waals surface area contributed by atoms with Crippen LogP contribution in [0.5, 0.6) is 0 Å². The molecule has 0 saturated carbocycles. The van der Waals surface area contributed by atoms with E-state index in [-0.39, 0.29) is 25.1 Å². The van der Waals surface area contributed by atoms with Crippen LogP contribution < -0.4 is 0 Å². The van der Waals surface area contributed by atoms with Crippen LogP contribution in [0.4, 0.5) is 13.2 Å². The summed E-state index contributed by atoms with van der Waals surface area (Å²) in [7, 11) is 0. The number of rotatable bonds is 4. The van der Waals surface area contributed by atoms with Crippen molar-refractivity contribution < 1.29 is 22.7 Å². The van der Waals surface area contributed by atoms with E-state index in [4.69, 9.17) is 0 Å². The summed E-state index contributed by atoms with van der Waals surface area (Å²) >= 11 is 0. The molecular weight excluding hydrogens is 235 g/mol. The number of carbonyl (C=O) groups is 1. The molecule has 0 atom stereocenters. The molecule has 1 rings (SSSR count). The highest BCUT2D eigenvalue weighted by Crippen LogP contribution is 2.32. The number of esters is 1. The Bertz CT molecular complexity index is 396. The van der Waals surface area contributed by atoms with Gasteiger partial charge in [-0.25, -0.2) is 0 Å². The lowest BCUT2D eigenvalue weighted by molar-refractivity contribution is -0.144. The van der Waals surface area contributed by atoms with E-state index in [0.717, 1.165) is 6.20 Å². The number of aryl methyl sites for hydroxylation is 1. The minimum Gasteiger partial charge on any atom is -0.465 e. The predicted octanol–water partition coefficient (Wildman–Crippen LogP) is 2.63. The van der Waals surface area contributed by atoms with Crippen molar-refractivity contribution in [2.45, 2.75) is 33.0 Å². The van der Waals surface area contributed by atoms with E-state index in [1.54, 1.807) is 13.8 Å². The monoisotopic (exact) mass is 249 g/mol. The van der Waals surface area contributed by atoms with Gasteiger partial charge < -0.3 is 9.30 Å². The van der Waals surface area contributed by atoms with Gasteiger partial charge in [0, 0.05) is 12.4 Å². The Hall–Kier alpha value is -1.46. The number of alkyl halides is 3. The molecule has 0 amide bonds. The first-order valence-electron chi connectivity index (χ1n) is 5.30. The van der Waals surface area contributed by atoms with Crippen LogP contribution in [0.2, 0.25) is 0 Å². The number of ether oxygens (including phenoxy) is 1. The minimum atomic E-state index is -4.38. The molecule has 96 valence electrons. The van der Waals surface area contributed by atoms with Gasteiger partial charge in [-0.1, -0.05) is 6.92 Å². The number of carbonyl (C=O) groups excluding carboxylic acids is 1. The Morgan fingerprint density at radius 1 is 1.35 bits per heavy atom. The lowest BCUT2D eigenvalue weighted by Crippen LogP contribution is -2.12. The van der Waals surface area contributed by atoms with Gasteiger partial charge in [0.2, 0.25) is 0 Å². The maximum absolute atomic E-state index is 12.6. The van der Waals surface area contributed by atoms with E-state index in [1.807, 2.05) is 0 Å². The second kappa shape index (κ2) is 5.25. The first-order valence-corrected chi connectivity index (χ1v) is 5.30. The smallest absolute Gasteiger partial charge is 0.418 e. The van der Waals surface area contributed by atoms with Gasteiger partial charge in [-0.15, -0.1) is 0 Å². The van der Waals surface area contributed by atoms with E-state index < -0.39 is 17.7 Å². The van der Waals surface area contributed by atoms with Crippen molar-refractivity contribution in [1.82, 2.24) is 4.57 Å². The average Bonchev–Trinajstić information content (AvgIpc) is 2.60. The Morgan fingerprint density at radius 2 is 2.00 bits per heavy atom. The molecule has 1 aromatic rings. The summed E-state index contributed by atoms with van der Waals surface area (Å²) in [4.78, 5) is 11.1. The van der Waals surface area contributed by atoms with Crippen LogP contribution in [0.3, 0.4) is 0 Å². The highest BCUT2D eigenvalue weighted by Gasteiger charge is 2.34. The van der Waals surface area contributed by atoms with Crippen molar-refractivity contribution >= 4 is 5.97 Å². The van der Waals surface area contributed by atoms with E-state index >= 15 is 0 Å². The maximum Gasteiger partial charge on any atom is 0.418 e. The van der Waals surface area contributed by atoms with Crippen molar-refractivity contribution in [2.75, 3.05) is 6.61 Å². The summed E-state index contributed by atoms with van der Waals surface area (Å²) in [6, 6.07) is 0. The topological polar surface area (TPSA) is 31.2 Å². The molecule has 0 radical (unpaired) electrons. The summed E-state index contributed by atoms with van der Waals surface area (Å²) in [5.74, 6) is -0.543. The molecular formula is C11H14F3NO2. The van der Waals surface area contributed by atoms with E-state index in [9.17, 15) is 18.0 Å². The molecule has 0 spiro atoms. The van der Waals surface area contributed by atoms with E-state index in [0.29, 0.717) is 0 Å². The molecule has 0 fully saturated rings. The number of nitrogens with zero attached hydrogens (tertiary/aromatic N) is 1. The zero-order chi connectivity index (χ0) is 13.1. The average molecular weight is 249 g/mol. The van der Waals surface area contributed by atoms with Crippen molar-refractivity contribution in [2.24, 2.45) is 0 Å². The molecule has 1 heterocycles. The summed E-state index contributed by atoms with van der Waals surface area (Å²) in [6.07, 6.45) is -1.84. The van der Waals surface area contributed by atoms with Gasteiger partial charge in [0.25, 0.3) is 0 Å². The second-order valence-corrected chi connectivity index (χ2v) is 3.53. The first-order chi connectivity index (χ1) is 7.88. The zero-order valence-corrected chi connectivity index (χ0v) is 9.67. The fourth-order valence-corrected chi connectivity index (χ4v) is 1.54. The Morgan fingerprint density at radius 3 is 2.41 bits per heavy atom. The molecule has 0 bridgehead atoms. The second-order valence-electron chi connectivity index (χ2n) is 3.53. The van der Waals surface area contributed by atoms with Gasteiger partial charge in [0.1, 0.15) is 6.54 Å². The summed E-state index contributed by atoms with van der Waals surface area (Å²) in [5, 5.41) is 0. The van der Waals surface area contributed by atoms with E-state index in [1.165, 1.54) is 10.8 Å². The third kappa shape index (κ3) is 3.51. The van der Waals surface area contributed by atoms with Crippen molar-refractivity contribution in [3.05, 3.63) is 23.5 Å². The molecule has 0 unspecified atom stereocenters. The Labute approximate surface area is 97.2 Å². The molecule has 6 heteroatoms. The Kier molecular flexibility index (Phi) is 4.20. The third-order valence-electron chi connectivity index (χ3n) is 2.27. The lowest BCUT2D eigenvalue weighted by atomic mass is 10.1. The van der Waals surface area contributed by atoms with Crippen LogP contribution in [0, 0.1) is 0 Å². The molecule has 0 N–H and O–H groups in total. The Balaban J connectivity index is 2.90. The normalized spacial score (nSPS) is 11.6. The molecule has 0 aliphatic rings. The quantitative estimate of drug-likeness (QED) is 0.768. The van der Waals surface area contributed by atoms with Gasteiger partial charge in [-0.05, 0) is 18.9 Å². The highest BCUT2D eigenvalue weighted by atomic mass is 19.4. The first kappa shape index (κ1) is 13.6. The van der Waals surface area contributed by atoms with Gasteiger partial charge in [0.05, 0.1) is 12.2 Å². The van der Waals surface area contributed by atoms with Crippen LogP contribution in [-0.4, -0.2) is 17.1 Å². The van der Waals surface area contributed by atoms with Crippen LogP contribution in [0.25, 0.3) is 0 Å². The van der Waals surface area contributed by atoms with Gasteiger partial charge in [0.15, 0.2) is 0 Å². The van der Waals surface area contributed by atoms with Crippen molar-refractivity contribution in [1.29, 1.82) is 0 Å². The number of aromatic nitrogens is 1. The van der Waals surface area contributed by atoms with Crippen molar-refractivity contribution in [3.63, 3.8) is 0 Å². The number of halogens is 3. The summed E-state index contributed by atoms with van der Waals surface area (Å²) in [6.45, 7) is 3.30. The fourth-order valence-electron chi connectivity index (χ4n) is 1.54.